The summed E-state index contributed by atoms with van der Waals surface area (Å²) in [6.45, 7) is 2.72. The normalized spacial score (nSPS) is 15.9. The summed E-state index contributed by atoms with van der Waals surface area (Å²) in [6.07, 6.45) is 1.32. The van der Waals surface area contributed by atoms with Crippen LogP contribution in [0.4, 0.5) is 10.1 Å². The van der Waals surface area contributed by atoms with E-state index in [1.165, 1.54) is 12.1 Å². The third-order valence-corrected chi connectivity index (χ3v) is 5.80. The summed E-state index contributed by atoms with van der Waals surface area (Å²) < 4.78 is 19.2. The molecule has 2 heterocycles. The number of para-hydroxylation sites is 1. The summed E-state index contributed by atoms with van der Waals surface area (Å²) in [6, 6.07) is 14.3. The molecule has 0 unspecified atom stereocenters. The van der Waals surface area contributed by atoms with Crippen molar-refractivity contribution in [2.75, 3.05) is 11.9 Å². The molecule has 27 heavy (non-hydrogen) atoms. The zero-order chi connectivity index (χ0) is 18.8. The van der Waals surface area contributed by atoms with Crippen molar-refractivity contribution in [2.24, 2.45) is 0 Å². The molecule has 0 saturated heterocycles. The van der Waals surface area contributed by atoms with Gasteiger partial charge >= 0.3 is 0 Å². The van der Waals surface area contributed by atoms with Crippen molar-refractivity contribution in [3.05, 3.63) is 70.2 Å². The highest BCUT2D eigenvalue weighted by atomic mass is 32.1. The van der Waals surface area contributed by atoms with Gasteiger partial charge in [0, 0.05) is 33.7 Å². The number of carbonyl (C=O) groups is 1. The van der Waals surface area contributed by atoms with E-state index in [9.17, 15) is 9.18 Å². The number of anilines is 1. The Labute approximate surface area is 161 Å². The molecule has 0 fully saturated rings. The lowest BCUT2D eigenvalue weighted by molar-refractivity contribution is -0.116. The van der Waals surface area contributed by atoms with Crippen LogP contribution in [-0.2, 0) is 4.79 Å². The number of carbonyl (C=O) groups excluding carboxylic acids is 1. The standard InChI is InChI=1S/C22H20FNO2S/c1-2-11-26-19-6-4-3-5-16(19)17-12-20(25)24-21-18(13-27-22(17)21)14-7-9-15(23)10-8-14/h3-10,13,17H,2,11-12H2,1H3,(H,24,25)/t17-/m1/s1. The van der Waals surface area contributed by atoms with Crippen LogP contribution in [0.3, 0.4) is 0 Å². The van der Waals surface area contributed by atoms with Crippen molar-refractivity contribution in [1.82, 2.24) is 0 Å². The van der Waals surface area contributed by atoms with Gasteiger partial charge in [-0.25, -0.2) is 4.39 Å². The first-order valence-electron chi connectivity index (χ1n) is 9.06. The van der Waals surface area contributed by atoms with E-state index in [2.05, 4.69) is 12.2 Å². The first-order chi connectivity index (χ1) is 13.2. The summed E-state index contributed by atoms with van der Waals surface area (Å²) in [5, 5.41) is 5.05. The van der Waals surface area contributed by atoms with Gasteiger partial charge in [0.05, 0.1) is 12.3 Å². The van der Waals surface area contributed by atoms with Gasteiger partial charge in [0.1, 0.15) is 11.6 Å². The maximum Gasteiger partial charge on any atom is 0.225 e. The van der Waals surface area contributed by atoms with Crippen LogP contribution in [0.2, 0.25) is 0 Å². The number of halogens is 1. The molecule has 1 N–H and O–H groups in total. The predicted octanol–water partition coefficient (Wildman–Crippen LogP) is 5.82. The molecule has 0 aliphatic carbocycles. The van der Waals surface area contributed by atoms with Crippen LogP contribution in [0, 0.1) is 5.82 Å². The van der Waals surface area contributed by atoms with Crippen molar-refractivity contribution in [3.63, 3.8) is 0 Å². The van der Waals surface area contributed by atoms with Gasteiger partial charge in [-0.3, -0.25) is 4.79 Å². The Morgan fingerprint density at radius 2 is 1.96 bits per heavy atom. The zero-order valence-corrected chi connectivity index (χ0v) is 15.8. The first-order valence-corrected chi connectivity index (χ1v) is 9.94. The summed E-state index contributed by atoms with van der Waals surface area (Å²) in [5.41, 5.74) is 3.69. The number of nitrogens with one attached hydrogen (secondary N) is 1. The lowest BCUT2D eigenvalue weighted by Crippen LogP contribution is -2.22. The molecule has 5 heteroatoms. The number of hydrogen-bond acceptors (Lipinski definition) is 3. The Morgan fingerprint density at radius 1 is 1.19 bits per heavy atom. The van der Waals surface area contributed by atoms with E-state index in [0.717, 1.165) is 39.4 Å². The fourth-order valence-electron chi connectivity index (χ4n) is 3.43. The third kappa shape index (κ3) is 3.47. The molecule has 1 amide bonds. The third-order valence-electron chi connectivity index (χ3n) is 4.70. The van der Waals surface area contributed by atoms with E-state index in [1.54, 1.807) is 23.5 Å². The average Bonchev–Trinajstić information content (AvgIpc) is 3.10. The van der Waals surface area contributed by atoms with Gasteiger partial charge in [0.2, 0.25) is 5.91 Å². The second-order valence-corrected chi connectivity index (χ2v) is 7.50. The SMILES string of the molecule is CCCOc1ccccc1[C@H]1CC(=O)Nc2c(-c3ccc(F)cc3)csc21. The zero-order valence-electron chi connectivity index (χ0n) is 15.0. The van der Waals surface area contributed by atoms with Gasteiger partial charge in [-0.15, -0.1) is 11.3 Å². The number of amides is 1. The van der Waals surface area contributed by atoms with Crippen LogP contribution in [0.25, 0.3) is 11.1 Å². The lowest BCUT2D eigenvalue weighted by atomic mass is 9.88. The molecule has 0 saturated carbocycles. The fraction of sp³-hybridized carbons (Fsp3) is 0.227. The quantitative estimate of drug-likeness (QED) is 0.605. The molecule has 1 aliphatic rings. The molecule has 0 radical (unpaired) electrons. The topological polar surface area (TPSA) is 38.3 Å². The molecule has 4 rings (SSSR count). The van der Waals surface area contributed by atoms with Crippen LogP contribution in [-0.4, -0.2) is 12.5 Å². The van der Waals surface area contributed by atoms with Gasteiger partial charge in [0.25, 0.3) is 0 Å². The first kappa shape index (κ1) is 17.7. The Kier molecular flexibility index (Phi) is 4.94. The lowest BCUT2D eigenvalue weighted by Gasteiger charge is -2.25. The number of ether oxygens (including phenoxy) is 1. The number of rotatable bonds is 5. The molecule has 3 nitrogen and oxygen atoms in total. The number of benzene rings is 2. The summed E-state index contributed by atoms with van der Waals surface area (Å²) in [7, 11) is 0. The van der Waals surface area contributed by atoms with Crippen molar-refractivity contribution in [3.8, 4) is 16.9 Å². The molecule has 2 aromatic carbocycles. The van der Waals surface area contributed by atoms with Crippen molar-refractivity contribution in [1.29, 1.82) is 0 Å². The number of fused-ring (bicyclic) bond motifs is 1. The molecule has 0 bridgehead atoms. The van der Waals surface area contributed by atoms with E-state index in [0.29, 0.717) is 13.0 Å². The highest BCUT2D eigenvalue weighted by Gasteiger charge is 2.32. The van der Waals surface area contributed by atoms with Gasteiger partial charge in [-0.1, -0.05) is 37.3 Å². The molecule has 1 aromatic heterocycles. The Morgan fingerprint density at radius 3 is 2.74 bits per heavy atom. The molecule has 1 atom stereocenters. The maximum absolute atomic E-state index is 13.3. The summed E-state index contributed by atoms with van der Waals surface area (Å²) in [4.78, 5) is 13.6. The molecular formula is C22H20FNO2S. The van der Waals surface area contributed by atoms with Gasteiger partial charge in [-0.2, -0.15) is 0 Å². The summed E-state index contributed by atoms with van der Waals surface area (Å²) in [5.74, 6) is 0.508. The van der Waals surface area contributed by atoms with E-state index in [-0.39, 0.29) is 17.6 Å². The molecule has 1 aliphatic heterocycles. The Balaban J connectivity index is 1.77. The predicted molar refractivity (Wildman–Crippen MR) is 107 cm³/mol. The molecular weight excluding hydrogens is 361 g/mol. The van der Waals surface area contributed by atoms with Gasteiger partial charge in [-0.05, 0) is 30.2 Å². The van der Waals surface area contributed by atoms with E-state index in [4.69, 9.17) is 4.74 Å². The Bertz CT molecular complexity index is 965. The molecule has 138 valence electrons. The van der Waals surface area contributed by atoms with Crippen molar-refractivity contribution < 1.29 is 13.9 Å². The van der Waals surface area contributed by atoms with Crippen LogP contribution >= 0.6 is 11.3 Å². The minimum atomic E-state index is -0.272. The van der Waals surface area contributed by atoms with Gasteiger partial charge in [0.15, 0.2) is 0 Å². The van der Waals surface area contributed by atoms with Crippen LogP contribution in [0.1, 0.15) is 36.1 Å². The molecule has 0 spiro atoms. The highest BCUT2D eigenvalue weighted by Crippen LogP contribution is 2.48. The largest absolute Gasteiger partial charge is 0.493 e. The van der Waals surface area contributed by atoms with E-state index in [1.807, 2.05) is 29.6 Å². The van der Waals surface area contributed by atoms with Crippen molar-refractivity contribution >= 4 is 22.9 Å². The smallest absolute Gasteiger partial charge is 0.225 e. The fourth-order valence-corrected chi connectivity index (χ4v) is 4.58. The second-order valence-electron chi connectivity index (χ2n) is 6.59. The van der Waals surface area contributed by atoms with Gasteiger partial charge < -0.3 is 10.1 Å². The van der Waals surface area contributed by atoms with Crippen LogP contribution in [0.15, 0.2) is 53.9 Å². The van der Waals surface area contributed by atoms with Crippen molar-refractivity contribution in [2.45, 2.75) is 25.7 Å². The van der Waals surface area contributed by atoms with Crippen LogP contribution < -0.4 is 10.1 Å². The van der Waals surface area contributed by atoms with E-state index < -0.39 is 0 Å². The summed E-state index contributed by atoms with van der Waals surface area (Å²) >= 11 is 1.62. The minimum Gasteiger partial charge on any atom is -0.493 e. The minimum absolute atomic E-state index is 0.0143. The Hall–Kier alpha value is -2.66. The maximum atomic E-state index is 13.3. The average molecular weight is 381 g/mol. The molecule has 3 aromatic rings. The number of thiophene rings is 1. The highest BCUT2D eigenvalue weighted by molar-refractivity contribution is 7.11. The number of hydrogen-bond donors (Lipinski definition) is 1. The van der Waals surface area contributed by atoms with E-state index >= 15 is 0 Å². The van der Waals surface area contributed by atoms with Crippen LogP contribution in [0.5, 0.6) is 5.75 Å². The monoisotopic (exact) mass is 381 g/mol. The second kappa shape index (κ2) is 7.53.